The van der Waals surface area contributed by atoms with Crippen molar-refractivity contribution in [3.05, 3.63) is 33.8 Å². The van der Waals surface area contributed by atoms with Crippen molar-refractivity contribution in [3.63, 3.8) is 0 Å². The van der Waals surface area contributed by atoms with E-state index >= 15 is 0 Å². The lowest BCUT2D eigenvalue weighted by Gasteiger charge is -2.27. The molecule has 0 radical (unpaired) electrons. The number of nitrogens with one attached hydrogen (secondary N) is 1. The second kappa shape index (κ2) is 6.79. The van der Waals surface area contributed by atoms with E-state index < -0.39 is 0 Å². The maximum Gasteiger partial charge on any atom is 0.0629 e. The average molecular weight is 288 g/mol. The molecule has 0 aliphatic carbocycles. The van der Waals surface area contributed by atoms with Crippen LogP contribution in [-0.2, 0) is 5.41 Å². The Morgan fingerprint density at radius 3 is 2.50 bits per heavy atom. The second-order valence-electron chi connectivity index (χ2n) is 5.83. The molecule has 0 bridgehead atoms. The first kappa shape index (κ1) is 15.8. The van der Waals surface area contributed by atoms with Crippen LogP contribution in [0.15, 0.2) is 18.2 Å². The maximum absolute atomic E-state index is 6.29. The molecule has 0 aromatic heterocycles. The summed E-state index contributed by atoms with van der Waals surface area (Å²) < 4.78 is 0. The van der Waals surface area contributed by atoms with Crippen molar-refractivity contribution in [3.8, 4) is 0 Å². The number of hydrogen-bond donors (Lipinski definition) is 1. The van der Waals surface area contributed by atoms with E-state index in [4.69, 9.17) is 23.2 Å². The maximum atomic E-state index is 6.29. The Hall–Kier alpha value is -0.240. The molecule has 102 valence electrons. The van der Waals surface area contributed by atoms with Crippen LogP contribution in [0.1, 0.15) is 39.7 Å². The summed E-state index contributed by atoms with van der Waals surface area (Å²) in [4.78, 5) is 0. The van der Waals surface area contributed by atoms with Gasteiger partial charge in [0, 0.05) is 0 Å². The average Bonchev–Trinajstić information content (AvgIpc) is 2.28. The van der Waals surface area contributed by atoms with Gasteiger partial charge >= 0.3 is 0 Å². The van der Waals surface area contributed by atoms with Gasteiger partial charge in [-0.25, -0.2) is 0 Å². The standard InChI is InChI=1S/C15H23Cl2N/c1-11(2)10-18-9-8-15(3,4)12-6-5-7-13(16)14(12)17/h5-7,11,18H,8-10H2,1-4H3. The van der Waals surface area contributed by atoms with Crippen LogP contribution in [-0.4, -0.2) is 13.1 Å². The van der Waals surface area contributed by atoms with Crippen LogP contribution >= 0.6 is 23.2 Å². The number of hydrogen-bond acceptors (Lipinski definition) is 1. The van der Waals surface area contributed by atoms with Crippen LogP contribution in [0, 0.1) is 5.92 Å². The summed E-state index contributed by atoms with van der Waals surface area (Å²) in [5.74, 6) is 0.683. The Labute approximate surface area is 121 Å². The number of rotatable bonds is 6. The third kappa shape index (κ3) is 4.46. The van der Waals surface area contributed by atoms with Gasteiger partial charge < -0.3 is 5.32 Å². The van der Waals surface area contributed by atoms with Crippen LogP contribution in [0.2, 0.25) is 10.0 Å². The predicted molar refractivity (Wildman–Crippen MR) is 81.8 cm³/mol. The SMILES string of the molecule is CC(C)CNCCC(C)(C)c1cccc(Cl)c1Cl. The van der Waals surface area contributed by atoms with E-state index in [2.05, 4.69) is 39.1 Å². The molecule has 0 unspecified atom stereocenters. The zero-order chi connectivity index (χ0) is 13.8. The molecule has 3 heteroatoms. The summed E-state index contributed by atoms with van der Waals surface area (Å²) in [5, 5.41) is 4.79. The first-order valence-corrected chi connectivity index (χ1v) is 7.25. The van der Waals surface area contributed by atoms with Crippen molar-refractivity contribution >= 4 is 23.2 Å². The molecule has 1 nitrogen and oxygen atoms in total. The van der Waals surface area contributed by atoms with Crippen LogP contribution in [0.5, 0.6) is 0 Å². The Bertz CT molecular complexity index is 386. The van der Waals surface area contributed by atoms with E-state index in [0.29, 0.717) is 16.0 Å². The molecular formula is C15H23Cl2N. The molecule has 18 heavy (non-hydrogen) atoms. The molecule has 0 fully saturated rings. The van der Waals surface area contributed by atoms with Crippen molar-refractivity contribution < 1.29 is 0 Å². The predicted octanol–water partition coefficient (Wildman–Crippen LogP) is 4.91. The lowest BCUT2D eigenvalue weighted by Crippen LogP contribution is -2.28. The largest absolute Gasteiger partial charge is 0.316 e. The lowest BCUT2D eigenvalue weighted by atomic mass is 9.81. The van der Waals surface area contributed by atoms with Gasteiger partial charge in [-0.05, 0) is 42.5 Å². The molecule has 1 rings (SSSR count). The molecule has 0 amide bonds. The van der Waals surface area contributed by atoms with E-state index in [1.54, 1.807) is 0 Å². The second-order valence-corrected chi connectivity index (χ2v) is 6.62. The topological polar surface area (TPSA) is 12.0 Å². The fraction of sp³-hybridized carbons (Fsp3) is 0.600. The van der Waals surface area contributed by atoms with E-state index in [0.717, 1.165) is 25.1 Å². The first-order chi connectivity index (χ1) is 8.34. The van der Waals surface area contributed by atoms with Gasteiger partial charge in [-0.15, -0.1) is 0 Å². The van der Waals surface area contributed by atoms with Crippen LogP contribution < -0.4 is 5.32 Å². The highest BCUT2D eigenvalue weighted by atomic mass is 35.5. The van der Waals surface area contributed by atoms with Gasteiger partial charge in [-0.2, -0.15) is 0 Å². The molecule has 1 aromatic carbocycles. The minimum absolute atomic E-state index is 0.0337. The molecular weight excluding hydrogens is 265 g/mol. The fourth-order valence-electron chi connectivity index (χ4n) is 1.95. The number of benzene rings is 1. The smallest absolute Gasteiger partial charge is 0.0629 e. The Morgan fingerprint density at radius 2 is 1.89 bits per heavy atom. The minimum Gasteiger partial charge on any atom is -0.316 e. The normalized spacial score (nSPS) is 12.2. The van der Waals surface area contributed by atoms with Crippen LogP contribution in [0.4, 0.5) is 0 Å². The fourth-order valence-corrected chi connectivity index (χ4v) is 2.51. The van der Waals surface area contributed by atoms with Gasteiger partial charge in [-0.3, -0.25) is 0 Å². The molecule has 0 atom stereocenters. The molecule has 0 heterocycles. The zero-order valence-corrected chi connectivity index (χ0v) is 13.2. The van der Waals surface area contributed by atoms with Crippen LogP contribution in [0.3, 0.4) is 0 Å². The van der Waals surface area contributed by atoms with Crippen molar-refractivity contribution in [1.82, 2.24) is 5.32 Å². The summed E-state index contributed by atoms with van der Waals surface area (Å²) in [7, 11) is 0. The van der Waals surface area contributed by atoms with Crippen LogP contribution in [0.25, 0.3) is 0 Å². The van der Waals surface area contributed by atoms with Crippen molar-refractivity contribution in [2.45, 2.75) is 39.5 Å². The first-order valence-electron chi connectivity index (χ1n) is 6.50. The third-order valence-corrected chi connectivity index (χ3v) is 3.98. The van der Waals surface area contributed by atoms with Crippen molar-refractivity contribution in [2.24, 2.45) is 5.92 Å². The summed E-state index contributed by atoms with van der Waals surface area (Å²) in [6.45, 7) is 10.9. The van der Waals surface area contributed by atoms with Gasteiger partial charge in [0.15, 0.2) is 0 Å². The number of halogens is 2. The van der Waals surface area contributed by atoms with Gasteiger partial charge in [-0.1, -0.05) is 63.0 Å². The van der Waals surface area contributed by atoms with Gasteiger partial charge in [0.25, 0.3) is 0 Å². The molecule has 0 spiro atoms. The van der Waals surface area contributed by atoms with E-state index in [-0.39, 0.29) is 5.41 Å². The highest BCUT2D eigenvalue weighted by Crippen LogP contribution is 2.36. The van der Waals surface area contributed by atoms with Gasteiger partial charge in [0.2, 0.25) is 0 Å². The molecule has 0 aliphatic rings. The molecule has 0 saturated carbocycles. The Morgan fingerprint density at radius 1 is 1.22 bits per heavy atom. The summed E-state index contributed by atoms with van der Waals surface area (Å²) in [6, 6.07) is 5.87. The summed E-state index contributed by atoms with van der Waals surface area (Å²) in [6.07, 6.45) is 1.04. The van der Waals surface area contributed by atoms with Crippen molar-refractivity contribution in [1.29, 1.82) is 0 Å². The molecule has 1 N–H and O–H groups in total. The minimum atomic E-state index is 0.0337. The molecule has 1 aromatic rings. The molecule has 0 saturated heterocycles. The van der Waals surface area contributed by atoms with E-state index in [9.17, 15) is 0 Å². The Kier molecular flexibility index (Phi) is 5.97. The van der Waals surface area contributed by atoms with Gasteiger partial charge in [0.1, 0.15) is 0 Å². The lowest BCUT2D eigenvalue weighted by molar-refractivity contribution is 0.442. The van der Waals surface area contributed by atoms with E-state index in [1.165, 1.54) is 0 Å². The summed E-state index contributed by atoms with van der Waals surface area (Å²) >= 11 is 12.4. The van der Waals surface area contributed by atoms with Crippen molar-refractivity contribution in [2.75, 3.05) is 13.1 Å². The van der Waals surface area contributed by atoms with Gasteiger partial charge in [0.05, 0.1) is 10.0 Å². The Balaban J connectivity index is 2.65. The highest BCUT2D eigenvalue weighted by Gasteiger charge is 2.23. The quantitative estimate of drug-likeness (QED) is 0.734. The van der Waals surface area contributed by atoms with E-state index in [1.807, 2.05) is 12.1 Å². The third-order valence-electron chi connectivity index (χ3n) is 3.16. The zero-order valence-electron chi connectivity index (χ0n) is 11.7. The molecule has 0 aliphatic heterocycles. The highest BCUT2D eigenvalue weighted by molar-refractivity contribution is 6.42. The summed E-state index contributed by atoms with van der Waals surface area (Å²) in [5.41, 5.74) is 1.16. The monoisotopic (exact) mass is 287 g/mol.